The van der Waals surface area contributed by atoms with E-state index in [1.807, 2.05) is 30.3 Å². The van der Waals surface area contributed by atoms with Gasteiger partial charge in [0.15, 0.2) is 17.5 Å². The van der Waals surface area contributed by atoms with Gasteiger partial charge in [-0.3, -0.25) is 0 Å². The van der Waals surface area contributed by atoms with Gasteiger partial charge in [-0.25, -0.2) is 15.0 Å². The van der Waals surface area contributed by atoms with Gasteiger partial charge in [-0.05, 0) is 56.4 Å². The second-order valence-electron chi connectivity index (χ2n) is 10.9. The van der Waals surface area contributed by atoms with E-state index in [9.17, 15) is 0 Å². The Balaban J connectivity index is 1.44. The molecule has 0 amide bonds. The van der Waals surface area contributed by atoms with Crippen molar-refractivity contribution in [3.63, 3.8) is 0 Å². The van der Waals surface area contributed by atoms with Gasteiger partial charge in [0.05, 0.1) is 0 Å². The molecular weight excluding hydrogens is 534 g/mol. The molecule has 0 aliphatic carbocycles. The van der Waals surface area contributed by atoms with Crippen LogP contribution in [0, 0.1) is 0 Å². The van der Waals surface area contributed by atoms with Crippen molar-refractivity contribution in [1.82, 2.24) is 15.0 Å². The summed E-state index contributed by atoms with van der Waals surface area (Å²) in [6.45, 7) is 0. The third-order valence-corrected chi connectivity index (χ3v) is 8.11. The Kier molecular flexibility index (Phi) is 6.47. The second-order valence-corrected chi connectivity index (χ2v) is 10.9. The lowest BCUT2D eigenvalue weighted by molar-refractivity contribution is 1.08. The largest absolute Gasteiger partial charge is 0.208 e. The summed E-state index contributed by atoms with van der Waals surface area (Å²) in [5, 5.41) is 4.58. The number of aromatic nitrogens is 3. The predicted octanol–water partition coefficient (Wildman–Crippen LogP) is 10.5. The normalized spacial score (nSPS) is 11.2. The van der Waals surface area contributed by atoms with Crippen molar-refractivity contribution >= 4 is 21.5 Å². The van der Waals surface area contributed by atoms with Gasteiger partial charge < -0.3 is 0 Å². The zero-order valence-corrected chi connectivity index (χ0v) is 23.9. The lowest BCUT2D eigenvalue weighted by atomic mass is 9.92. The molecule has 0 spiro atoms. The summed E-state index contributed by atoms with van der Waals surface area (Å²) < 4.78 is 0. The van der Waals surface area contributed by atoms with Gasteiger partial charge in [0.1, 0.15) is 0 Å². The van der Waals surface area contributed by atoms with Gasteiger partial charge in [-0.15, -0.1) is 0 Å². The molecule has 3 heteroatoms. The lowest BCUT2D eigenvalue weighted by Gasteiger charge is -2.16. The van der Waals surface area contributed by atoms with E-state index in [1.165, 1.54) is 5.39 Å². The molecule has 0 saturated heterocycles. The van der Waals surface area contributed by atoms with Gasteiger partial charge in [-0.2, -0.15) is 0 Å². The first-order valence-electron chi connectivity index (χ1n) is 14.8. The molecule has 3 nitrogen and oxygen atoms in total. The van der Waals surface area contributed by atoms with Crippen molar-refractivity contribution in [2.75, 3.05) is 0 Å². The molecule has 206 valence electrons. The first-order chi connectivity index (χ1) is 21.8. The van der Waals surface area contributed by atoms with E-state index in [1.54, 1.807) is 0 Å². The van der Waals surface area contributed by atoms with Crippen molar-refractivity contribution in [3.8, 4) is 56.4 Å². The van der Waals surface area contributed by atoms with Crippen molar-refractivity contribution < 1.29 is 0 Å². The van der Waals surface area contributed by atoms with Crippen molar-refractivity contribution in [2.24, 2.45) is 0 Å². The maximum absolute atomic E-state index is 5.26. The Morgan fingerprint density at radius 3 is 1.52 bits per heavy atom. The molecule has 1 aromatic heterocycles. The molecule has 8 aromatic rings. The molecule has 0 saturated carbocycles. The highest BCUT2D eigenvalue weighted by molar-refractivity contribution is 6.04. The van der Waals surface area contributed by atoms with Gasteiger partial charge in [0, 0.05) is 22.3 Å². The van der Waals surface area contributed by atoms with Crippen LogP contribution in [-0.4, -0.2) is 15.0 Å². The molecule has 7 aromatic carbocycles. The van der Waals surface area contributed by atoms with E-state index >= 15 is 0 Å². The molecule has 0 atom stereocenters. The summed E-state index contributed by atoms with van der Waals surface area (Å²) in [5.41, 5.74) is 7.41. The average Bonchev–Trinajstić information content (AvgIpc) is 3.11. The molecule has 8 rings (SSSR count). The smallest absolute Gasteiger partial charge is 0.164 e. The van der Waals surface area contributed by atoms with Crippen LogP contribution in [0.25, 0.3) is 78.0 Å². The van der Waals surface area contributed by atoms with Crippen molar-refractivity contribution in [1.29, 1.82) is 0 Å². The van der Waals surface area contributed by atoms with Gasteiger partial charge in [-0.1, -0.05) is 146 Å². The Bertz CT molecular complexity index is 2260. The van der Waals surface area contributed by atoms with Gasteiger partial charge in [0.2, 0.25) is 0 Å². The summed E-state index contributed by atoms with van der Waals surface area (Å²) in [6, 6.07) is 56.9. The number of benzene rings is 7. The zero-order chi connectivity index (χ0) is 29.3. The molecule has 44 heavy (non-hydrogen) atoms. The number of rotatable bonds is 5. The summed E-state index contributed by atoms with van der Waals surface area (Å²) in [5.74, 6) is 1.94. The Labute approximate surface area is 256 Å². The van der Waals surface area contributed by atoms with E-state index in [-0.39, 0.29) is 0 Å². The topological polar surface area (TPSA) is 38.7 Å². The summed E-state index contributed by atoms with van der Waals surface area (Å²) in [6.07, 6.45) is 0. The van der Waals surface area contributed by atoms with Crippen LogP contribution in [0.15, 0.2) is 164 Å². The fourth-order valence-electron chi connectivity index (χ4n) is 6.00. The minimum atomic E-state index is 0.645. The molecule has 0 aliphatic rings. The standard InChI is InChI=1S/C41H27N3/c1-4-14-28(15-5-1)33-26-32-21-11-12-22-34(32)37(27-33)41-43-39(31-19-8-3-9-20-31)42-40(44-41)36-25-24-29-16-10-13-23-35(29)38(36)30-17-6-2-7-18-30/h1-27H. The number of hydrogen-bond acceptors (Lipinski definition) is 3. The highest BCUT2D eigenvalue weighted by Gasteiger charge is 2.19. The first-order valence-corrected chi connectivity index (χ1v) is 14.8. The predicted molar refractivity (Wildman–Crippen MR) is 182 cm³/mol. The molecule has 0 unspecified atom stereocenters. The summed E-state index contributed by atoms with van der Waals surface area (Å²) in [7, 11) is 0. The van der Waals surface area contributed by atoms with Crippen molar-refractivity contribution in [3.05, 3.63) is 164 Å². The summed E-state index contributed by atoms with van der Waals surface area (Å²) >= 11 is 0. The maximum atomic E-state index is 5.26. The summed E-state index contributed by atoms with van der Waals surface area (Å²) in [4.78, 5) is 15.5. The van der Waals surface area contributed by atoms with E-state index in [0.717, 1.165) is 55.1 Å². The van der Waals surface area contributed by atoms with Crippen LogP contribution in [0.1, 0.15) is 0 Å². The SMILES string of the molecule is c1ccc(-c2cc(-c3nc(-c4ccccc4)nc(-c4ccc5ccccc5c4-c4ccccc4)n3)c3ccccc3c2)cc1. The quantitative estimate of drug-likeness (QED) is 0.210. The van der Waals surface area contributed by atoms with Crippen molar-refractivity contribution in [2.45, 2.75) is 0 Å². The minimum absolute atomic E-state index is 0.645. The first kappa shape index (κ1) is 25.8. The third kappa shape index (κ3) is 4.71. The van der Waals surface area contributed by atoms with E-state index in [0.29, 0.717) is 17.5 Å². The second kappa shape index (κ2) is 11.0. The fourth-order valence-corrected chi connectivity index (χ4v) is 6.00. The maximum Gasteiger partial charge on any atom is 0.164 e. The molecule has 0 bridgehead atoms. The number of hydrogen-bond donors (Lipinski definition) is 0. The van der Waals surface area contributed by atoms with Crippen LogP contribution in [0.2, 0.25) is 0 Å². The van der Waals surface area contributed by atoms with Crippen LogP contribution >= 0.6 is 0 Å². The van der Waals surface area contributed by atoms with E-state index in [4.69, 9.17) is 15.0 Å². The number of nitrogens with zero attached hydrogens (tertiary/aromatic N) is 3. The fraction of sp³-hybridized carbons (Fsp3) is 0. The van der Waals surface area contributed by atoms with Crippen LogP contribution in [0.3, 0.4) is 0 Å². The lowest BCUT2D eigenvalue weighted by Crippen LogP contribution is -2.02. The van der Waals surface area contributed by atoms with Crippen LogP contribution < -0.4 is 0 Å². The average molecular weight is 562 g/mol. The Morgan fingerprint density at radius 1 is 0.295 bits per heavy atom. The van der Waals surface area contributed by atoms with Gasteiger partial charge in [0.25, 0.3) is 0 Å². The van der Waals surface area contributed by atoms with Crippen LogP contribution in [0.5, 0.6) is 0 Å². The van der Waals surface area contributed by atoms with Crippen LogP contribution in [-0.2, 0) is 0 Å². The third-order valence-electron chi connectivity index (χ3n) is 8.11. The number of fused-ring (bicyclic) bond motifs is 2. The molecule has 0 aliphatic heterocycles. The Hall–Kier alpha value is -5.93. The molecule has 0 fully saturated rings. The molecule has 1 heterocycles. The molecular formula is C41H27N3. The van der Waals surface area contributed by atoms with Gasteiger partial charge >= 0.3 is 0 Å². The van der Waals surface area contributed by atoms with Crippen LogP contribution in [0.4, 0.5) is 0 Å². The monoisotopic (exact) mass is 561 g/mol. The Morgan fingerprint density at radius 2 is 0.818 bits per heavy atom. The van der Waals surface area contributed by atoms with E-state index < -0.39 is 0 Å². The highest BCUT2D eigenvalue weighted by atomic mass is 15.0. The molecule has 0 radical (unpaired) electrons. The minimum Gasteiger partial charge on any atom is -0.208 e. The highest BCUT2D eigenvalue weighted by Crippen LogP contribution is 2.39. The zero-order valence-electron chi connectivity index (χ0n) is 23.9. The van der Waals surface area contributed by atoms with E-state index in [2.05, 4.69) is 133 Å². The molecule has 0 N–H and O–H groups in total.